The molecule has 0 aliphatic carbocycles. The lowest BCUT2D eigenvalue weighted by Crippen LogP contribution is -2.42. The second kappa shape index (κ2) is 9.18. The van der Waals surface area contributed by atoms with Gasteiger partial charge in [-0.05, 0) is 62.9 Å². The van der Waals surface area contributed by atoms with Gasteiger partial charge in [0.25, 0.3) is 0 Å². The molecule has 31 heavy (non-hydrogen) atoms. The number of carbonyl (C=O) groups is 1. The summed E-state index contributed by atoms with van der Waals surface area (Å²) in [4.78, 5) is 11.4. The zero-order valence-electron chi connectivity index (χ0n) is 17.9. The van der Waals surface area contributed by atoms with Gasteiger partial charge < -0.3 is 9.66 Å². The van der Waals surface area contributed by atoms with Gasteiger partial charge in [0.05, 0.1) is 18.0 Å². The largest absolute Gasteiger partial charge is 0.598 e. The maximum Gasteiger partial charge on any atom is 0.419 e. The molecule has 4 nitrogen and oxygen atoms in total. The Kier molecular flexibility index (Phi) is 7.45. The Bertz CT molecular complexity index is 970. The van der Waals surface area contributed by atoms with Gasteiger partial charge in [0.15, 0.2) is 0 Å². The fraction of sp³-hybridized carbons (Fsp3) is 0.409. The minimum absolute atomic E-state index is 0.139. The summed E-state index contributed by atoms with van der Waals surface area (Å²) in [6.45, 7) is 8.00. The van der Waals surface area contributed by atoms with E-state index in [1.54, 1.807) is 52.0 Å². The smallest absolute Gasteiger partial charge is 0.419 e. The number of benzene rings is 2. The average Bonchev–Trinajstić information content (AvgIpc) is 2.60. The molecule has 0 saturated heterocycles. The third-order valence-corrected chi connectivity index (χ3v) is 6.45. The van der Waals surface area contributed by atoms with Crippen LogP contribution in [0.25, 0.3) is 11.1 Å². The van der Waals surface area contributed by atoms with Crippen LogP contribution >= 0.6 is 0 Å². The molecule has 0 fully saturated rings. The summed E-state index contributed by atoms with van der Waals surface area (Å²) in [5.74, 6) is -2.93. The van der Waals surface area contributed by atoms with Crippen LogP contribution in [-0.2, 0) is 22.3 Å². The lowest BCUT2D eigenvalue weighted by atomic mass is 9.87. The Morgan fingerprint density at radius 2 is 1.74 bits per heavy atom. The molecule has 2 aromatic carbocycles. The standard InChI is InChI=1S/C22H25F4NO3S/c1-12-8-6-7-9-14(12)15-10-16(22(24,25)26)20(23)19(13(15)2)17(11-18(28)29)27-31(30)21(3,4)5/h6-10,17,27H,11H2,1-5H3,(H,28,29). The molecule has 2 atom stereocenters. The summed E-state index contributed by atoms with van der Waals surface area (Å²) >= 11 is -1.85. The van der Waals surface area contributed by atoms with E-state index in [9.17, 15) is 27.6 Å². The molecule has 0 heterocycles. The van der Waals surface area contributed by atoms with Crippen LogP contribution in [0.15, 0.2) is 30.3 Å². The molecule has 0 spiro atoms. The van der Waals surface area contributed by atoms with Crippen molar-refractivity contribution in [3.8, 4) is 11.1 Å². The van der Waals surface area contributed by atoms with E-state index in [1.807, 2.05) is 0 Å². The normalized spacial score (nSPS) is 14.4. The predicted octanol–water partition coefficient (Wildman–Crippen LogP) is 5.70. The maximum atomic E-state index is 15.2. The summed E-state index contributed by atoms with van der Waals surface area (Å²) in [7, 11) is 0. The van der Waals surface area contributed by atoms with Crippen LogP contribution in [-0.4, -0.2) is 20.4 Å². The zero-order chi connectivity index (χ0) is 23.7. The first-order valence-electron chi connectivity index (χ1n) is 9.50. The monoisotopic (exact) mass is 459 g/mol. The molecule has 0 aliphatic heterocycles. The summed E-state index contributed by atoms with van der Waals surface area (Å²) in [5.41, 5.74) is -0.502. The zero-order valence-corrected chi connectivity index (χ0v) is 18.7. The van der Waals surface area contributed by atoms with Crippen LogP contribution in [0.5, 0.6) is 0 Å². The number of rotatable bonds is 6. The quantitative estimate of drug-likeness (QED) is 0.430. The highest BCUT2D eigenvalue weighted by atomic mass is 32.2. The first-order valence-corrected chi connectivity index (χ1v) is 10.7. The topological polar surface area (TPSA) is 72.4 Å². The van der Waals surface area contributed by atoms with Gasteiger partial charge in [-0.25, -0.2) is 4.39 Å². The molecule has 0 amide bonds. The number of halogens is 4. The third kappa shape index (κ3) is 5.78. The van der Waals surface area contributed by atoms with Crippen molar-refractivity contribution in [1.82, 2.24) is 4.72 Å². The van der Waals surface area contributed by atoms with E-state index in [2.05, 4.69) is 4.72 Å². The van der Waals surface area contributed by atoms with Crippen LogP contribution in [0.1, 0.15) is 55.5 Å². The van der Waals surface area contributed by atoms with Gasteiger partial charge in [0.2, 0.25) is 0 Å². The van der Waals surface area contributed by atoms with Crippen LogP contribution in [0.3, 0.4) is 0 Å². The lowest BCUT2D eigenvalue weighted by molar-refractivity contribution is -0.140. The van der Waals surface area contributed by atoms with Crippen molar-refractivity contribution in [2.45, 2.75) is 58.0 Å². The summed E-state index contributed by atoms with van der Waals surface area (Å²) in [6.07, 6.45) is -5.74. The molecule has 2 aromatic rings. The molecule has 0 bridgehead atoms. The van der Waals surface area contributed by atoms with E-state index in [0.29, 0.717) is 11.1 Å². The van der Waals surface area contributed by atoms with Crippen molar-refractivity contribution < 1.29 is 32.0 Å². The second-order valence-corrected chi connectivity index (χ2v) is 10.3. The van der Waals surface area contributed by atoms with Gasteiger partial charge in [0.1, 0.15) is 10.6 Å². The van der Waals surface area contributed by atoms with Crippen LogP contribution < -0.4 is 4.72 Å². The predicted molar refractivity (Wildman–Crippen MR) is 112 cm³/mol. The van der Waals surface area contributed by atoms with E-state index in [1.165, 1.54) is 6.92 Å². The number of carboxylic acid groups (broad SMARTS) is 1. The van der Waals surface area contributed by atoms with Gasteiger partial charge in [-0.2, -0.15) is 13.2 Å². The van der Waals surface area contributed by atoms with Crippen LogP contribution in [0.2, 0.25) is 0 Å². The Morgan fingerprint density at radius 3 is 2.23 bits per heavy atom. The maximum absolute atomic E-state index is 15.2. The minimum Gasteiger partial charge on any atom is -0.598 e. The van der Waals surface area contributed by atoms with E-state index in [-0.39, 0.29) is 11.1 Å². The van der Waals surface area contributed by atoms with E-state index in [0.717, 1.165) is 6.07 Å². The van der Waals surface area contributed by atoms with E-state index < -0.39 is 57.7 Å². The molecule has 2 N–H and O–H groups in total. The highest BCUT2D eigenvalue weighted by molar-refractivity contribution is 7.90. The SMILES string of the molecule is Cc1ccccc1-c1cc(C(F)(F)F)c(F)c(C(CC(=O)O)N[S+]([O-])C(C)(C)C)c1C. The molecule has 2 rings (SSSR count). The van der Waals surface area contributed by atoms with Crippen LogP contribution in [0, 0.1) is 19.7 Å². The molecule has 170 valence electrons. The Balaban J connectivity index is 2.82. The number of nitrogens with one attached hydrogen (secondary N) is 1. The van der Waals surface area contributed by atoms with Crippen molar-refractivity contribution in [3.05, 3.63) is 58.4 Å². The van der Waals surface area contributed by atoms with Gasteiger partial charge in [-0.1, -0.05) is 24.3 Å². The van der Waals surface area contributed by atoms with Gasteiger partial charge in [0, 0.05) is 16.9 Å². The van der Waals surface area contributed by atoms with Gasteiger partial charge in [-0.15, -0.1) is 4.72 Å². The van der Waals surface area contributed by atoms with Crippen molar-refractivity contribution in [3.63, 3.8) is 0 Å². The average molecular weight is 460 g/mol. The Labute approximate surface area is 182 Å². The summed E-state index contributed by atoms with van der Waals surface area (Å²) in [6, 6.07) is 6.03. The second-order valence-electron chi connectivity index (χ2n) is 8.29. The van der Waals surface area contributed by atoms with Crippen molar-refractivity contribution in [1.29, 1.82) is 0 Å². The molecule has 0 radical (unpaired) electrons. The van der Waals surface area contributed by atoms with Crippen LogP contribution in [0.4, 0.5) is 17.6 Å². The number of hydrogen-bond acceptors (Lipinski definition) is 3. The number of aliphatic carboxylic acids is 1. The molecular formula is C22H25F4NO3S. The molecule has 0 saturated carbocycles. The molecule has 9 heteroatoms. The molecule has 2 unspecified atom stereocenters. The van der Waals surface area contributed by atoms with Crippen molar-refractivity contribution >= 4 is 17.3 Å². The Hall–Kier alpha value is -2.10. The number of carboxylic acids is 1. The lowest BCUT2D eigenvalue weighted by Gasteiger charge is -2.29. The number of alkyl halides is 3. The molecule has 0 aromatic heterocycles. The molecule has 0 aliphatic rings. The summed E-state index contributed by atoms with van der Waals surface area (Å²) < 4.78 is 70.6. The van der Waals surface area contributed by atoms with Crippen molar-refractivity contribution in [2.24, 2.45) is 0 Å². The fourth-order valence-electron chi connectivity index (χ4n) is 3.23. The first kappa shape index (κ1) is 25.2. The Morgan fingerprint density at radius 1 is 1.16 bits per heavy atom. The fourth-order valence-corrected chi connectivity index (χ4v) is 4.04. The van der Waals surface area contributed by atoms with Crippen molar-refractivity contribution in [2.75, 3.05) is 0 Å². The number of aryl methyl sites for hydroxylation is 1. The summed E-state index contributed by atoms with van der Waals surface area (Å²) in [5, 5.41) is 9.32. The molecular weight excluding hydrogens is 434 g/mol. The first-order chi connectivity index (χ1) is 14.1. The third-order valence-electron chi connectivity index (χ3n) is 4.84. The van der Waals surface area contributed by atoms with E-state index >= 15 is 4.39 Å². The van der Waals surface area contributed by atoms with E-state index in [4.69, 9.17) is 0 Å². The van der Waals surface area contributed by atoms with Gasteiger partial charge in [-0.3, -0.25) is 4.79 Å². The highest BCUT2D eigenvalue weighted by Gasteiger charge is 2.40. The minimum atomic E-state index is -5.00. The highest BCUT2D eigenvalue weighted by Crippen LogP contribution is 2.41. The van der Waals surface area contributed by atoms with Gasteiger partial charge >= 0.3 is 12.1 Å². The number of hydrogen-bond donors (Lipinski definition) is 2.